The molecular formula is C16H24N4O. The minimum Gasteiger partial charge on any atom is -0.336 e. The Balaban J connectivity index is 1.42. The summed E-state index contributed by atoms with van der Waals surface area (Å²) in [5.74, 6) is 0.736. The standard InChI is InChI=1S/C16H24N4O/c21-16(15-10-14(17-18-15)12-5-6-12)20-9-3-4-13(11-20)19-7-1-2-8-19/h10,12-13H,1-9,11H2,(H,17,18). The van der Waals surface area contributed by atoms with Crippen LogP contribution >= 0.6 is 0 Å². The van der Waals surface area contributed by atoms with Crippen LogP contribution in [0.3, 0.4) is 0 Å². The van der Waals surface area contributed by atoms with Crippen LogP contribution in [0, 0.1) is 0 Å². The van der Waals surface area contributed by atoms with Crippen molar-refractivity contribution in [1.29, 1.82) is 0 Å². The molecule has 21 heavy (non-hydrogen) atoms. The predicted molar refractivity (Wildman–Crippen MR) is 80.3 cm³/mol. The fourth-order valence-corrected chi connectivity index (χ4v) is 3.76. The van der Waals surface area contributed by atoms with Crippen molar-refractivity contribution in [1.82, 2.24) is 20.0 Å². The average molecular weight is 288 g/mol. The number of aromatic amines is 1. The quantitative estimate of drug-likeness (QED) is 0.925. The summed E-state index contributed by atoms with van der Waals surface area (Å²) in [4.78, 5) is 17.2. The number of carbonyl (C=O) groups excluding carboxylic acids is 1. The van der Waals surface area contributed by atoms with E-state index >= 15 is 0 Å². The van der Waals surface area contributed by atoms with Crippen LogP contribution < -0.4 is 0 Å². The van der Waals surface area contributed by atoms with Gasteiger partial charge in [-0.05, 0) is 57.7 Å². The van der Waals surface area contributed by atoms with Crippen molar-refractivity contribution >= 4 is 5.91 Å². The van der Waals surface area contributed by atoms with Crippen molar-refractivity contribution in [3.8, 4) is 0 Å². The lowest BCUT2D eigenvalue weighted by molar-refractivity contribution is 0.0602. The van der Waals surface area contributed by atoms with Crippen LogP contribution in [0.1, 0.15) is 60.6 Å². The van der Waals surface area contributed by atoms with E-state index in [0.717, 1.165) is 25.2 Å². The summed E-state index contributed by atoms with van der Waals surface area (Å²) < 4.78 is 0. The maximum Gasteiger partial charge on any atom is 0.274 e. The highest BCUT2D eigenvalue weighted by molar-refractivity contribution is 5.92. The Kier molecular flexibility index (Phi) is 3.45. The highest BCUT2D eigenvalue weighted by Gasteiger charge is 2.31. The Hall–Kier alpha value is -1.36. The van der Waals surface area contributed by atoms with Crippen LogP contribution in [-0.2, 0) is 0 Å². The SMILES string of the molecule is O=C(c1cc(C2CC2)[nH]n1)N1CCCC(N2CCCC2)C1. The number of hydrogen-bond donors (Lipinski definition) is 1. The van der Waals surface area contributed by atoms with E-state index in [0.29, 0.717) is 17.7 Å². The number of piperidine rings is 1. The van der Waals surface area contributed by atoms with Crippen molar-refractivity contribution in [3.63, 3.8) is 0 Å². The number of carbonyl (C=O) groups is 1. The summed E-state index contributed by atoms with van der Waals surface area (Å²) >= 11 is 0. The van der Waals surface area contributed by atoms with Gasteiger partial charge >= 0.3 is 0 Å². The minimum absolute atomic E-state index is 0.113. The molecule has 1 aliphatic carbocycles. The second-order valence-corrected chi connectivity index (χ2v) is 6.77. The topological polar surface area (TPSA) is 52.2 Å². The van der Waals surface area contributed by atoms with Gasteiger partial charge < -0.3 is 4.90 Å². The molecule has 1 aromatic heterocycles. The summed E-state index contributed by atoms with van der Waals surface area (Å²) in [5.41, 5.74) is 1.76. The third-order valence-corrected chi connectivity index (χ3v) is 5.17. The molecule has 2 aliphatic heterocycles. The molecule has 5 heteroatoms. The molecule has 1 N–H and O–H groups in total. The van der Waals surface area contributed by atoms with E-state index < -0.39 is 0 Å². The van der Waals surface area contributed by atoms with Crippen molar-refractivity contribution in [2.45, 2.75) is 50.5 Å². The van der Waals surface area contributed by atoms with Crippen LogP contribution in [-0.4, -0.2) is 58.1 Å². The first kappa shape index (κ1) is 13.3. The number of nitrogens with zero attached hydrogens (tertiary/aromatic N) is 3. The van der Waals surface area contributed by atoms with Gasteiger partial charge in [-0.25, -0.2) is 0 Å². The second-order valence-electron chi connectivity index (χ2n) is 6.77. The summed E-state index contributed by atoms with van der Waals surface area (Å²) in [6.45, 7) is 4.18. The van der Waals surface area contributed by atoms with E-state index in [9.17, 15) is 4.79 Å². The van der Waals surface area contributed by atoms with Crippen LogP contribution in [0.15, 0.2) is 6.07 Å². The van der Waals surface area contributed by atoms with E-state index in [1.165, 1.54) is 45.2 Å². The molecule has 1 unspecified atom stereocenters. The lowest BCUT2D eigenvalue weighted by atomic mass is 10.0. The number of rotatable bonds is 3. The highest BCUT2D eigenvalue weighted by atomic mass is 16.2. The zero-order valence-corrected chi connectivity index (χ0v) is 12.6. The van der Waals surface area contributed by atoms with E-state index in [-0.39, 0.29) is 5.91 Å². The first-order valence-corrected chi connectivity index (χ1v) is 8.40. The Morgan fingerprint density at radius 1 is 1.14 bits per heavy atom. The molecule has 0 spiro atoms. The van der Waals surface area contributed by atoms with Gasteiger partial charge in [-0.3, -0.25) is 14.8 Å². The number of hydrogen-bond acceptors (Lipinski definition) is 3. The highest BCUT2D eigenvalue weighted by Crippen LogP contribution is 2.39. The van der Waals surface area contributed by atoms with Gasteiger partial charge in [0.05, 0.1) is 0 Å². The zero-order valence-electron chi connectivity index (χ0n) is 12.6. The van der Waals surface area contributed by atoms with E-state index in [2.05, 4.69) is 15.1 Å². The third-order valence-electron chi connectivity index (χ3n) is 5.17. The molecule has 1 atom stereocenters. The van der Waals surface area contributed by atoms with Crippen LogP contribution in [0.2, 0.25) is 0 Å². The summed E-state index contributed by atoms with van der Waals surface area (Å²) in [6, 6.07) is 2.53. The molecule has 1 amide bonds. The van der Waals surface area contributed by atoms with E-state index in [4.69, 9.17) is 0 Å². The number of H-pyrrole nitrogens is 1. The fourth-order valence-electron chi connectivity index (χ4n) is 3.76. The summed E-state index contributed by atoms with van der Waals surface area (Å²) in [5, 5.41) is 7.29. The number of likely N-dealkylation sites (tertiary alicyclic amines) is 2. The molecule has 3 heterocycles. The van der Waals surface area contributed by atoms with Gasteiger partial charge in [-0.2, -0.15) is 5.10 Å². The Bertz CT molecular complexity index is 516. The third kappa shape index (κ3) is 2.71. The smallest absolute Gasteiger partial charge is 0.274 e. The molecule has 3 aliphatic rings. The monoisotopic (exact) mass is 288 g/mol. The number of aromatic nitrogens is 2. The largest absolute Gasteiger partial charge is 0.336 e. The number of amides is 1. The first-order chi connectivity index (χ1) is 10.3. The predicted octanol–water partition coefficient (Wildman–Crippen LogP) is 1.99. The molecule has 4 rings (SSSR count). The van der Waals surface area contributed by atoms with Crippen LogP contribution in [0.5, 0.6) is 0 Å². The van der Waals surface area contributed by atoms with Gasteiger partial charge in [0.2, 0.25) is 0 Å². The van der Waals surface area contributed by atoms with E-state index in [1.54, 1.807) is 0 Å². The van der Waals surface area contributed by atoms with E-state index in [1.807, 2.05) is 11.0 Å². The molecule has 2 saturated heterocycles. The zero-order chi connectivity index (χ0) is 14.2. The van der Waals surface area contributed by atoms with Gasteiger partial charge in [0.15, 0.2) is 0 Å². The van der Waals surface area contributed by atoms with Crippen LogP contribution in [0.25, 0.3) is 0 Å². The maximum atomic E-state index is 12.6. The Morgan fingerprint density at radius 3 is 2.71 bits per heavy atom. The molecule has 0 aromatic carbocycles. The van der Waals surface area contributed by atoms with Crippen molar-refractivity contribution in [2.75, 3.05) is 26.2 Å². The van der Waals surface area contributed by atoms with Gasteiger partial charge in [-0.1, -0.05) is 0 Å². The molecule has 0 bridgehead atoms. The van der Waals surface area contributed by atoms with Crippen molar-refractivity contribution in [2.24, 2.45) is 0 Å². The molecule has 0 radical (unpaired) electrons. The second kappa shape index (κ2) is 5.44. The summed E-state index contributed by atoms with van der Waals surface area (Å²) in [6.07, 6.45) is 7.45. The molecule has 1 saturated carbocycles. The molecule has 1 aromatic rings. The first-order valence-electron chi connectivity index (χ1n) is 8.40. The maximum absolute atomic E-state index is 12.6. The Labute approximate surface area is 125 Å². The van der Waals surface area contributed by atoms with Gasteiger partial charge in [-0.15, -0.1) is 0 Å². The van der Waals surface area contributed by atoms with Crippen molar-refractivity contribution < 1.29 is 4.79 Å². The minimum atomic E-state index is 0.113. The van der Waals surface area contributed by atoms with Crippen molar-refractivity contribution in [3.05, 3.63) is 17.5 Å². The van der Waals surface area contributed by atoms with Gasteiger partial charge in [0, 0.05) is 30.7 Å². The van der Waals surface area contributed by atoms with Crippen LogP contribution in [0.4, 0.5) is 0 Å². The van der Waals surface area contributed by atoms with Gasteiger partial charge in [0.1, 0.15) is 5.69 Å². The normalized spacial score (nSPS) is 27.2. The molecular weight excluding hydrogens is 264 g/mol. The fraction of sp³-hybridized carbons (Fsp3) is 0.750. The molecule has 114 valence electrons. The molecule has 3 fully saturated rings. The Morgan fingerprint density at radius 2 is 1.95 bits per heavy atom. The average Bonchev–Trinajstić information content (AvgIpc) is 3.05. The number of nitrogens with one attached hydrogen (secondary N) is 1. The summed E-state index contributed by atoms with van der Waals surface area (Å²) in [7, 11) is 0. The van der Waals surface area contributed by atoms with Gasteiger partial charge in [0.25, 0.3) is 5.91 Å². The lowest BCUT2D eigenvalue weighted by Gasteiger charge is -2.37. The molecule has 5 nitrogen and oxygen atoms in total. The lowest BCUT2D eigenvalue weighted by Crippen LogP contribution is -2.49.